The van der Waals surface area contributed by atoms with Crippen molar-refractivity contribution in [1.82, 2.24) is 25.5 Å². The first kappa shape index (κ1) is 20.7. The molecule has 2 aromatic carbocycles. The summed E-state index contributed by atoms with van der Waals surface area (Å²) in [7, 11) is 1.69. The van der Waals surface area contributed by atoms with Gasteiger partial charge in [0, 0.05) is 28.9 Å². The molecule has 1 aromatic heterocycles. The lowest BCUT2D eigenvalue weighted by Gasteiger charge is -2.10. The smallest absolute Gasteiger partial charge is 0.214 e. The van der Waals surface area contributed by atoms with Crippen molar-refractivity contribution in [1.29, 1.82) is 0 Å². The van der Waals surface area contributed by atoms with Crippen molar-refractivity contribution in [2.45, 2.75) is 11.7 Å². The van der Waals surface area contributed by atoms with E-state index in [0.717, 1.165) is 45.5 Å². The Hall–Kier alpha value is -1.61. The van der Waals surface area contributed by atoms with E-state index < -0.39 is 0 Å². The van der Waals surface area contributed by atoms with Crippen LogP contribution in [0.2, 0.25) is 0 Å². The molecule has 0 aliphatic carbocycles. The molecule has 0 amide bonds. The van der Waals surface area contributed by atoms with E-state index in [0.29, 0.717) is 0 Å². The van der Waals surface area contributed by atoms with Crippen LogP contribution in [0, 0.1) is 0 Å². The van der Waals surface area contributed by atoms with E-state index in [9.17, 15) is 0 Å². The second-order valence-electron chi connectivity index (χ2n) is 5.19. The van der Waals surface area contributed by atoms with Crippen molar-refractivity contribution in [3.05, 3.63) is 58.6 Å². The molecule has 0 bridgehead atoms. The number of ether oxygens (including phenoxy) is 1. The maximum Gasteiger partial charge on any atom is 0.214 e. The van der Waals surface area contributed by atoms with E-state index in [1.807, 2.05) is 42.5 Å². The van der Waals surface area contributed by atoms with Crippen LogP contribution in [-0.4, -0.2) is 39.6 Å². The second kappa shape index (κ2) is 10.5. The highest BCUT2D eigenvalue weighted by molar-refractivity contribution is 9.10. The molecule has 3 aromatic rings. The van der Waals surface area contributed by atoms with E-state index >= 15 is 0 Å². The van der Waals surface area contributed by atoms with Crippen LogP contribution in [0.5, 0.6) is 5.75 Å². The highest BCUT2D eigenvalue weighted by Gasteiger charge is 2.08. The average molecular weight is 457 g/mol. The summed E-state index contributed by atoms with van der Waals surface area (Å²) in [5.74, 6) is 1.75. The van der Waals surface area contributed by atoms with Gasteiger partial charge in [-0.15, -0.1) is 17.5 Å². The van der Waals surface area contributed by atoms with Crippen LogP contribution in [0.15, 0.2) is 58.2 Å². The molecule has 26 heavy (non-hydrogen) atoms. The van der Waals surface area contributed by atoms with Gasteiger partial charge in [0.05, 0.1) is 12.8 Å². The number of hydrogen-bond acceptors (Lipinski definition) is 6. The largest absolute Gasteiger partial charge is 0.496 e. The van der Waals surface area contributed by atoms with Gasteiger partial charge in [0.2, 0.25) is 5.16 Å². The predicted molar refractivity (Wildman–Crippen MR) is 110 cm³/mol. The Morgan fingerprint density at radius 3 is 2.77 bits per heavy atom. The highest BCUT2D eigenvalue weighted by Crippen LogP contribution is 2.23. The van der Waals surface area contributed by atoms with Gasteiger partial charge in [-0.25, -0.2) is 0 Å². The van der Waals surface area contributed by atoms with Crippen molar-refractivity contribution in [2.24, 2.45) is 0 Å². The third kappa shape index (κ3) is 5.44. The molecular formula is C17H19BrClN5OS. The Morgan fingerprint density at radius 1 is 1.19 bits per heavy atom. The van der Waals surface area contributed by atoms with Crippen LogP contribution in [0.3, 0.4) is 0 Å². The number of nitrogens with one attached hydrogen (secondary N) is 1. The molecule has 0 radical (unpaired) electrons. The number of rotatable bonds is 8. The predicted octanol–water partition coefficient (Wildman–Crippen LogP) is 3.74. The molecule has 0 unspecified atom stereocenters. The summed E-state index contributed by atoms with van der Waals surface area (Å²) in [6, 6.07) is 15.9. The summed E-state index contributed by atoms with van der Waals surface area (Å²) in [5.41, 5.74) is 2.08. The first-order chi connectivity index (χ1) is 12.3. The SMILES string of the molecule is COc1ccc(Br)cc1CNCCSc1nnnn1-c1ccccc1.Cl. The second-order valence-corrected chi connectivity index (χ2v) is 7.17. The Bertz CT molecular complexity index is 818. The summed E-state index contributed by atoms with van der Waals surface area (Å²) in [4.78, 5) is 0. The van der Waals surface area contributed by atoms with Crippen molar-refractivity contribution >= 4 is 40.1 Å². The molecule has 0 saturated heterocycles. The number of benzene rings is 2. The van der Waals surface area contributed by atoms with E-state index in [1.165, 1.54) is 0 Å². The van der Waals surface area contributed by atoms with Crippen molar-refractivity contribution in [3.63, 3.8) is 0 Å². The zero-order valence-corrected chi connectivity index (χ0v) is 17.4. The number of thioether (sulfide) groups is 1. The van der Waals surface area contributed by atoms with E-state index in [1.54, 1.807) is 23.6 Å². The lowest BCUT2D eigenvalue weighted by Crippen LogP contribution is -2.17. The molecule has 3 rings (SSSR count). The van der Waals surface area contributed by atoms with Gasteiger partial charge >= 0.3 is 0 Å². The lowest BCUT2D eigenvalue weighted by atomic mass is 10.2. The topological polar surface area (TPSA) is 64.9 Å². The number of hydrogen-bond donors (Lipinski definition) is 1. The standard InChI is InChI=1S/C17H18BrN5OS.ClH/c1-24-16-8-7-14(18)11-13(16)12-19-9-10-25-17-20-21-22-23(17)15-5-3-2-4-6-15;/h2-8,11,19H,9-10,12H2,1H3;1H. The molecule has 0 aliphatic heterocycles. The molecule has 0 spiro atoms. The minimum absolute atomic E-state index is 0. The third-order valence-electron chi connectivity index (χ3n) is 3.51. The zero-order valence-electron chi connectivity index (χ0n) is 14.1. The molecule has 0 atom stereocenters. The first-order valence-corrected chi connectivity index (χ1v) is 9.55. The molecule has 0 fully saturated rings. The molecule has 0 saturated carbocycles. The normalized spacial score (nSPS) is 10.4. The summed E-state index contributed by atoms with van der Waals surface area (Å²) in [6.07, 6.45) is 0. The minimum Gasteiger partial charge on any atom is -0.496 e. The lowest BCUT2D eigenvalue weighted by molar-refractivity contribution is 0.408. The molecule has 0 aliphatic rings. The monoisotopic (exact) mass is 455 g/mol. The van der Waals surface area contributed by atoms with Gasteiger partial charge in [-0.3, -0.25) is 0 Å². The van der Waals surface area contributed by atoms with Gasteiger partial charge in [-0.1, -0.05) is 45.9 Å². The average Bonchev–Trinajstić information content (AvgIpc) is 3.11. The fraction of sp³-hybridized carbons (Fsp3) is 0.235. The number of halogens is 2. The van der Waals surface area contributed by atoms with E-state index in [2.05, 4.69) is 42.8 Å². The van der Waals surface area contributed by atoms with Crippen molar-refractivity contribution < 1.29 is 4.74 Å². The number of methoxy groups -OCH3 is 1. The van der Waals surface area contributed by atoms with Gasteiger partial charge in [0.25, 0.3) is 0 Å². The van der Waals surface area contributed by atoms with Crippen molar-refractivity contribution in [2.75, 3.05) is 19.4 Å². The quantitative estimate of drug-likeness (QED) is 0.411. The van der Waals surface area contributed by atoms with Crippen molar-refractivity contribution in [3.8, 4) is 11.4 Å². The Kier molecular flexibility index (Phi) is 8.37. The maximum atomic E-state index is 5.39. The van der Waals surface area contributed by atoms with E-state index in [4.69, 9.17) is 4.74 Å². The molecule has 138 valence electrons. The van der Waals surface area contributed by atoms with Gasteiger partial charge in [-0.2, -0.15) is 4.68 Å². The molecular weight excluding hydrogens is 438 g/mol. The fourth-order valence-corrected chi connectivity index (χ4v) is 3.52. The van der Waals surface area contributed by atoms with Gasteiger partial charge < -0.3 is 10.1 Å². The van der Waals surface area contributed by atoms with Crippen LogP contribution >= 0.6 is 40.1 Å². The molecule has 1 heterocycles. The number of aromatic nitrogens is 4. The van der Waals surface area contributed by atoms with Gasteiger partial charge in [0.15, 0.2) is 0 Å². The number of para-hydroxylation sites is 1. The van der Waals surface area contributed by atoms with Crippen LogP contribution < -0.4 is 10.1 Å². The molecule has 9 heteroatoms. The number of tetrazole rings is 1. The summed E-state index contributed by atoms with van der Waals surface area (Å²) >= 11 is 5.11. The van der Waals surface area contributed by atoms with Gasteiger partial charge in [-0.05, 0) is 40.8 Å². The van der Waals surface area contributed by atoms with Crippen LogP contribution in [-0.2, 0) is 6.54 Å². The Balaban J connectivity index is 0.00000243. The van der Waals surface area contributed by atoms with E-state index in [-0.39, 0.29) is 12.4 Å². The third-order valence-corrected chi connectivity index (χ3v) is 4.92. The van der Waals surface area contributed by atoms with Gasteiger partial charge in [0.1, 0.15) is 5.75 Å². The fourth-order valence-electron chi connectivity index (χ4n) is 2.32. The molecule has 1 N–H and O–H groups in total. The summed E-state index contributed by atoms with van der Waals surface area (Å²) in [5, 5.41) is 16.1. The Morgan fingerprint density at radius 2 is 2.00 bits per heavy atom. The minimum atomic E-state index is 0. The van der Waals surface area contributed by atoms with Crippen LogP contribution in [0.25, 0.3) is 5.69 Å². The zero-order chi connectivity index (χ0) is 17.5. The summed E-state index contributed by atoms with van der Waals surface area (Å²) in [6.45, 7) is 1.58. The first-order valence-electron chi connectivity index (χ1n) is 7.77. The van der Waals surface area contributed by atoms with Crippen LogP contribution in [0.4, 0.5) is 0 Å². The molecule has 6 nitrogen and oxygen atoms in total. The van der Waals surface area contributed by atoms with Crippen LogP contribution in [0.1, 0.15) is 5.56 Å². The summed E-state index contributed by atoms with van der Waals surface area (Å²) < 4.78 is 8.18. The Labute approximate surface area is 171 Å². The number of nitrogens with zero attached hydrogens (tertiary/aromatic N) is 4. The highest BCUT2D eigenvalue weighted by atomic mass is 79.9. The maximum absolute atomic E-state index is 5.39.